The average molecular weight is 476 g/mol. The van der Waals surface area contributed by atoms with Crippen LogP contribution in [0.15, 0.2) is 29.9 Å². The summed E-state index contributed by atoms with van der Waals surface area (Å²) in [6.45, 7) is 3.67. The molecule has 2 aromatic heterocycles. The maximum atomic E-state index is 12.7. The molecule has 3 heterocycles. The molecule has 1 saturated heterocycles. The lowest BCUT2D eigenvalue weighted by Crippen LogP contribution is -2.52. The molecule has 4 rings (SSSR count). The van der Waals surface area contributed by atoms with Gasteiger partial charge in [-0.15, -0.1) is 11.3 Å². The molecule has 170 valence electrons. The van der Waals surface area contributed by atoms with Crippen LogP contribution in [0.5, 0.6) is 5.75 Å². The second kappa shape index (κ2) is 9.79. The molecule has 1 fully saturated rings. The lowest BCUT2D eigenvalue weighted by molar-refractivity contribution is -0.130. The van der Waals surface area contributed by atoms with Crippen LogP contribution in [0, 0.1) is 0 Å². The molecule has 32 heavy (non-hydrogen) atoms. The third-order valence-corrected chi connectivity index (χ3v) is 6.77. The second-order valence-corrected chi connectivity index (χ2v) is 9.33. The van der Waals surface area contributed by atoms with Crippen molar-refractivity contribution in [3.63, 3.8) is 0 Å². The highest BCUT2D eigenvalue weighted by molar-refractivity contribution is 7.09. The van der Waals surface area contributed by atoms with Crippen molar-refractivity contribution in [1.29, 1.82) is 0 Å². The Balaban J connectivity index is 1.36. The summed E-state index contributed by atoms with van der Waals surface area (Å²) in [6.07, 6.45) is 3.56. The molecular formula is C22H26ClN5O3S. The molecule has 1 aliphatic heterocycles. The molecule has 1 atom stereocenters. The number of amides is 3. The number of carbonyl (C=O) groups excluding carboxylic acids is 2. The number of H-pyrrole nitrogens is 1. The first-order valence-electron chi connectivity index (χ1n) is 10.5. The summed E-state index contributed by atoms with van der Waals surface area (Å²) in [5.74, 6) is 0.646. The van der Waals surface area contributed by atoms with Crippen molar-refractivity contribution in [2.75, 3.05) is 20.1 Å². The van der Waals surface area contributed by atoms with Crippen molar-refractivity contribution in [2.45, 2.75) is 39.0 Å². The summed E-state index contributed by atoms with van der Waals surface area (Å²) in [7, 11) is 1.78. The zero-order valence-electron chi connectivity index (χ0n) is 18.1. The van der Waals surface area contributed by atoms with Gasteiger partial charge in [-0.3, -0.25) is 9.78 Å². The number of thiazole rings is 1. The maximum Gasteiger partial charge on any atom is 0.317 e. The van der Waals surface area contributed by atoms with Gasteiger partial charge in [-0.05, 0) is 25.0 Å². The van der Waals surface area contributed by atoms with Gasteiger partial charge in [0, 0.05) is 55.9 Å². The number of likely N-dealkylation sites (tertiary alicyclic amines) is 1. The number of likely N-dealkylation sites (N-methyl/N-ethyl adjacent to an activating group) is 1. The fraction of sp³-hybridized carbons (Fsp3) is 0.409. The molecule has 10 heteroatoms. The van der Waals surface area contributed by atoms with Crippen LogP contribution < -0.4 is 10.1 Å². The van der Waals surface area contributed by atoms with Gasteiger partial charge < -0.3 is 24.8 Å². The van der Waals surface area contributed by atoms with Gasteiger partial charge in [0.25, 0.3) is 0 Å². The molecule has 8 nitrogen and oxygen atoms in total. The van der Waals surface area contributed by atoms with Crippen LogP contribution in [-0.4, -0.2) is 57.9 Å². The minimum absolute atomic E-state index is 0.0208. The SMILES string of the molecule is CC(=O)N1CCCC(N(C)C(=O)NCc2cc3cc(Cl)c(OCc4cncs4)cc3[nH]2)C1. The Kier molecular flexibility index (Phi) is 6.86. The summed E-state index contributed by atoms with van der Waals surface area (Å²) < 4.78 is 5.83. The fourth-order valence-electron chi connectivity index (χ4n) is 3.88. The van der Waals surface area contributed by atoms with Crippen molar-refractivity contribution in [3.8, 4) is 5.75 Å². The molecular weight excluding hydrogens is 450 g/mol. The Morgan fingerprint density at radius 1 is 1.41 bits per heavy atom. The lowest BCUT2D eigenvalue weighted by atomic mass is 10.0. The monoisotopic (exact) mass is 475 g/mol. The largest absolute Gasteiger partial charge is 0.486 e. The van der Waals surface area contributed by atoms with Crippen LogP contribution in [0.2, 0.25) is 5.02 Å². The maximum absolute atomic E-state index is 12.7. The molecule has 0 aliphatic carbocycles. The first-order valence-corrected chi connectivity index (χ1v) is 11.7. The van der Waals surface area contributed by atoms with E-state index in [2.05, 4.69) is 15.3 Å². The van der Waals surface area contributed by atoms with E-state index < -0.39 is 0 Å². The Bertz CT molecular complexity index is 1100. The van der Waals surface area contributed by atoms with E-state index in [0.29, 0.717) is 30.5 Å². The number of hydrogen-bond donors (Lipinski definition) is 2. The summed E-state index contributed by atoms with van der Waals surface area (Å²) in [5, 5.41) is 4.43. The highest BCUT2D eigenvalue weighted by Gasteiger charge is 2.27. The third-order valence-electron chi connectivity index (χ3n) is 5.72. The van der Waals surface area contributed by atoms with Crippen LogP contribution in [0.25, 0.3) is 10.9 Å². The van der Waals surface area contributed by atoms with Crippen molar-refractivity contribution < 1.29 is 14.3 Å². The van der Waals surface area contributed by atoms with E-state index >= 15 is 0 Å². The predicted octanol–water partition coefficient (Wildman–Crippen LogP) is 4.01. The van der Waals surface area contributed by atoms with Gasteiger partial charge in [0.15, 0.2) is 0 Å². The van der Waals surface area contributed by atoms with Crippen molar-refractivity contribution in [3.05, 3.63) is 45.5 Å². The number of aromatic nitrogens is 2. The topological polar surface area (TPSA) is 90.6 Å². The van der Waals surface area contributed by atoms with Gasteiger partial charge >= 0.3 is 6.03 Å². The van der Waals surface area contributed by atoms with E-state index in [1.165, 1.54) is 11.3 Å². The summed E-state index contributed by atoms with van der Waals surface area (Å²) in [4.78, 5) is 36.2. The number of rotatable bonds is 6. The van der Waals surface area contributed by atoms with Crippen LogP contribution in [0.4, 0.5) is 4.79 Å². The highest BCUT2D eigenvalue weighted by atomic mass is 35.5. The van der Waals surface area contributed by atoms with Crippen molar-refractivity contribution in [1.82, 2.24) is 25.1 Å². The molecule has 0 saturated carbocycles. The van der Waals surface area contributed by atoms with E-state index in [9.17, 15) is 9.59 Å². The van der Waals surface area contributed by atoms with Crippen molar-refractivity contribution in [2.24, 2.45) is 0 Å². The first-order chi connectivity index (χ1) is 15.4. The molecule has 0 bridgehead atoms. The van der Waals surface area contributed by atoms with Gasteiger partial charge in [0.1, 0.15) is 12.4 Å². The standard InChI is InChI=1S/C22H26ClN5O3S/c1-14(29)28-5-3-4-17(11-28)27(2)22(30)25-9-16-6-15-7-19(23)21(8-20(15)26-16)31-12-18-10-24-13-32-18/h6-8,10,13,17,26H,3-5,9,11-12H2,1-2H3,(H,25,30). The van der Waals surface area contributed by atoms with Gasteiger partial charge in [-0.2, -0.15) is 0 Å². The minimum Gasteiger partial charge on any atom is -0.486 e. The predicted molar refractivity (Wildman–Crippen MR) is 125 cm³/mol. The number of benzene rings is 1. The quantitative estimate of drug-likeness (QED) is 0.563. The Morgan fingerprint density at radius 2 is 2.25 bits per heavy atom. The first kappa shape index (κ1) is 22.4. The molecule has 1 aliphatic rings. The molecule has 2 N–H and O–H groups in total. The average Bonchev–Trinajstić information content (AvgIpc) is 3.44. The van der Waals surface area contributed by atoms with E-state index in [0.717, 1.165) is 40.9 Å². The van der Waals surface area contributed by atoms with Gasteiger partial charge in [-0.25, -0.2) is 4.79 Å². The van der Waals surface area contributed by atoms with Gasteiger partial charge in [0.2, 0.25) is 5.91 Å². The molecule has 3 aromatic rings. The number of aromatic amines is 1. The number of hydrogen-bond acceptors (Lipinski definition) is 5. The number of ether oxygens (including phenoxy) is 1. The second-order valence-electron chi connectivity index (χ2n) is 7.95. The summed E-state index contributed by atoms with van der Waals surface area (Å²) in [5.41, 5.74) is 3.52. The molecule has 0 radical (unpaired) electrons. The van der Waals surface area contributed by atoms with Gasteiger partial charge in [0.05, 0.1) is 28.0 Å². The Morgan fingerprint density at radius 3 is 3.00 bits per heavy atom. The zero-order valence-corrected chi connectivity index (χ0v) is 19.6. The van der Waals surface area contributed by atoms with E-state index in [1.54, 1.807) is 35.5 Å². The van der Waals surface area contributed by atoms with E-state index in [-0.39, 0.29) is 18.0 Å². The van der Waals surface area contributed by atoms with Crippen LogP contribution in [0.3, 0.4) is 0 Å². The Labute approximate surface area is 195 Å². The highest BCUT2D eigenvalue weighted by Crippen LogP contribution is 2.31. The third kappa shape index (κ3) is 5.16. The van der Waals surface area contributed by atoms with Crippen LogP contribution in [-0.2, 0) is 17.9 Å². The number of nitrogens with zero attached hydrogens (tertiary/aromatic N) is 3. The minimum atomic E-state index is -0.161. The van der Waals surface area contributed by atoms with Crippen LogP contribution in [0.1, 0.15) is 30.3 Å². The molecule has 0 spiro atoms. The zero-order chi connectivity index (χ0) is 22.7. The molecule has 3 amide bonds. The van der Waals surface area contributed by atoms with Gasteiger partial charge in [-0.1, -0.05) is 11.6 Å². The smallest absolute Gasteiger partial charge is 0.317 e. The molecule has 1 aromatic carbocycles. The number of carbonyl (C=O) groups is 2. The normalized spacial score (nSPS) is 16.2. The summed E-state index contributed by atoms with van der Waals surface area (Å²) >= 11 is 7.91. The molecule has 1 unspecified atom stereocenters. The van der Waals surface area contributed by atoms with E-state index in [4.69, 9.17) is 16.3 Å². The number of halogens is 1. The van der Waals surface area contributed by atoms with Crippen LogP contribution >= 0.6 is 22.9 Å². The lowest BCUT2D eigenvalue weighted by Gasteiger charge is -2.37. The number of piperidine rings is 1. The number of urea groups is 1. The number of nitrogens with one attached hydrogen (secondary N) is 2. The number of fused-ring (bicyclic) bond motifs is 1. The van der Waals surface area contributed by atoms with E-state index in [1.807, 2.05) is 18.2 Å². The fourth-order valence-corrected chi connectivity index (χ4v) is 4.61. The Hall–Kier alpha value is -2.78. The summed E-state index contributed by atoms with van der Waals surface area (Å²) in [6, 6.07) is 5.55. The van der Waals surface area contributed by atoms with Crippen molar-refractivity contribution >= 4 is 45.8 Å².